The molecule has 0 saturated carbocycles. The van der Waals surface area contributed by atoms with Crippen LogP contribution in [0.2, 0.25) is 0 Å². The molecule has 1 rings (SSSR count). The molecule has 0 aliphatic carbocycles. The Bertz CT molecular complexity index is 298. The van der Waals surface area contributed by atoms with E-state index in [0.717, 1.165) is 5.56 Å². The fourth-order valence-corrected chi connectivity index (χ4v) is 1.02. The van der Waals surface area contributed by atoms with Gasteiger partial charge in [-0.1, -0.05) is 29.8 Å². The zero-order valence-electron chi connectivity index (χ0n) is 6.82. The summed E-state index contributed by atoms with van der Waals surface area (Å²) in [6.07, 6.45) is 1.44. The summed E-state index contributed by atoms with van der Waals surface area (Å²) in [5.74, 6) is -0.00926. The Labute approximate surface area is 77.5 Å². The standard InChI is InChI=1S/C10H10OS/c1-8-2-4-9(5-3-8)10(11)6-7-12/h2-7,12H,1H3/b7-6+. The van der Waals surface area contributed by atoms with Gasteiger partial charge in [0.15, 0.2) is 5.78 Å². The van der Waals surface area contributed by atoms with Gasteiger partial charge in [-0.3, -0.25) is 4.79 Å². The van der Waals surface area contributed by atoms with E-state index in [0.29, 0.717) is 5.56 Å². The molecule has 0 aromatic heterocycles. The predicted molar refractivity (Wildman–Crippen MR) is 53.6 cm³/mol. The molecule has 0 saturated heterocycles. The third-order valence-corrected chi connectivity index (χ3v) is 1.71. The zero-order chi connectivity index (χ0) is 8.97. The van der Waals surface area contributed by atoms with Crippen LogP contribution in [0.25, 0.3) is 0 Å². The summed E-state index contributed by atoms with van der Waals surface area (Å²) in [5, 5.41) is 1.45. The first-order valence-electron chi connectivity index (χ1n) is 3.66. The quantitative estimate of drug-likeness (QED) is 0.418. The van der Waals surface area contributed by atoms with Crippen molar-refractivity contribution in [3.63, 3.8) is 0 Å². The molecule has 0 unspecified atom stereocenters. The highest BCUT2D eigenvalue weighted by Crippen LogP contribution is 2.04. The van der Waals surface area contributed by atoms with Crippen LogP contribution in [0.15, 0.2) is 35.7 Å². The van der Waals surface area contributed by atoms with E-state index in [9.17, 15) is 4.79 Å². The Morgan fingerprint density at radius 3 is 2.42 bits per heavy atom. The van der Waals surface area contributed by atoms with Crippen molar-refractivity contribution in [1.29, 1.82) is 0 Å². The van der Waals surface area contributed by atoms with E-state index < -0.39 is 0 Å². The topological polar surface area (TPSA) is 17.1 Å². The minimum atomic E-state index is -0.00926. The fraction of sp³-hybridized carbons (Fsp3) is 0.100. The van der Waals surface area contributed by atoms with Crippen molar-refractivity contribution in [2.75, 3.05) is 0 Å². The highest BCUT2D eigenvalue weighted by molar-refractivity contribution is 7.83. The number of hydrogen-bond acceptors (Lipinski definition) is 2. The Hall–Kier alpha value is -1.02. The minimum Gasteiger partial charge on any atom is -0.289 e. The van der Waals surface area contributed by atoms with Crippen molar-refractivity contribution in [1.82, 2.24) is 0 Å². The van der Waals surface area contributed by atoms with Crippen LogP contribution < -0.4 is 0 Å². The molecule has 0 amide bonds. The van der Waals surface area contributed by atoms with Crippen LogP contribution in [0, 0.1) is 6.92 Å². The Balaban J connectivity index is 2.90. The first-order chi connectivity index (χ1) is 5.74. The maximum absolute atomic E-state index is 11.2. The number of hydrogen-bond donors (Lipinski definition) is 1. The molecule has 1 nitrogen and oxygen atoms in total. The van der Waals surface area contributed by atoms with Crippen LogP contribution in [0.5, 0.6) is 0 Å². The van der Waals surface area contributed by atoms with E-state index in [1.807, 2.05) is 31.2 Å². The van der Waals surface area contributed by atoms with E-state index >= 15 is 0 Å². The Morgan fingerprint density at radius 1 is 1.33 bits per heavy atom. The highest BCUT2D eigenvalue weighted by atomic mass is 32.1. The summed E-state index contributed by atoms with van der Waals surface area (Å²) in [7, 11) is 0. The number of ketones is 1. The maximum atomic E-state index is 11.2. The predicted octanol–water partition coefficient (Wildman–Crippen LogP) is 2.62. The van der Waals surface area contributed by atoms with E-state index in [2.05, 4.69) is 12.6 Å². The van der Waals surface area contributed by atoms with Crippen LogP contribution in [-0.4, -0.2) is 5.78 Å². The Morgan fingerprint density at radius 2 is 1.92 bits per heavy atom. The molecule has 2 heteroatoms. The molecule has 1 aromatic carbocycles. The third kappa shape index (κ3) is 2.24. The second-order valence-electron chi connectivity index (χ2n) is 2.55. The summed E-state index contributed by atoms with van der Waals surface area (Å²) < 4.78 is 0. The number of aryl methyl sites for hydroxylation is 1. The van der Waals surface area contributed by atoms with E-state index in [1.54, 1.807) is 0 Å². The van der Waals surface area contributed by atoms with Gasteiger partial charge in [-0.15, -0.1) is 0 Å². The smallest absolute Gasteiger partial charge is 0.186 e. The molecule has 1 aromatic rings. The lowest BCUT2D eigenvalue weighted by atomic mass is 10.1. The number of carbonyl (C=O) groups is 1. The molecule has 0 aliphatic heterocycles. The van der Waals surface area contributed by atoms with Gasteiger partial charge in [0.25, 0.3) is 0 Å². The fourth-order valence-electron chi connectivity index (χ4n) is 0.882. The van der Waals surface area contributed by atoms with Gasteiger partial charge in [-0.25, -0.2) is 0 Å². The lowest BCUT2D eigenvalue weighted by molar-refractivity contribution is 0.104. The van der Waals surface area contributed by atoms with Gasteiger partial charge in [0.2, 0.25) is 0 Å². The highest BCUT2D eigenvalue weighted by Gasteiger charge is 1.98. The van der Waals surface area contributed by atoms with Crippen molar-refractivity contribution < 1.29 is 4.79 Å². The molecule has 0 N–H and O–H groups in total. The largest absolute Gasteiger partial charge is 0.289 e. The molecule has 0 aliphatic rings. The van der Waals surface area contributed by atoms with Crippen molar-refractivity contribution in [2.45, 2.75) is 6.92 Å². The number of rotatable bonds is 2. The number of allylic oxidation sites excluding steroid dienone is 1. The molecular formula is C10H10OS. The second kappa shape index (κ2) is 4.12. The number of thiol groups is 1. The van der Waals surface area contributed by atoms with Crippen molar-refractivity contribution in [2.24, 2.45) is 0 Å². The van der Waals surface area contributed by atoms with Crippen molar-refractivity contribution in [3.8, 4) is 0 Å². The summed E-state index contributed by atoms with van der Waals surface area (Å²) in [4.78, 5) is 11.2. The molecule has 0 heterocycles. The van der Waals surface area contributed by atoms with Crippen LogP contribution in [-0.2, 0) is 0 Å². The van der Waals surface area contributed by atoms with Crippen molar-refractivity contribution in [3.05, 3.63) is 46.9 Å². The maximum Gasteiger partial charge on any atom is 0.186 e. The molecule has 0 bridgehead atoms. The number of carbonyl (C=O) groups excluding carboxylic acids is 1. The van der Waals surface area contributed by atoms with Crippen molar-refractivity contribution >= 4 is 18.4 Å². The van der Waals surface area contributed by atoms with E-state index in [-0.39, 0.29) is 5.78 Å². The number of benzene rings is 1. The van der Waals surface area contributed by atoms with Gasteiger partial charge >= 0.3 is 0 Å². The lowest BCUT2D eigenvalue weighted by Crippen LogP contribution is -1.92. The minimum absolute atomic E-state index is 0.00926. The Kier molecular flexibility index (Phi) is 3.11. The van der Waals surface area contributed by atoms with Gasteiger partial charge in [0.05, 0.1) is 0 Å². The first-order valence-corrected chi connectivity index (χ1v) is 4.17. The van der Waals surface area contributed by atoms with Crippen LogP contribution in [0.4, 0.5) is 0 Å². The summed E-state index contributed by atoms with van der Waals surface area (Å²) in [6, 6.07) is 7.45. The zero-order valence-corrected chi connectivity index (χ0v) is 7.71. The average molecular weight is 178 g/mol. The van der Waals surface area contributed by atoms with Gasteiger partial charge < -0.3 is 0 Å². The van der Waals surface area contributed by atoms with Gasteiger partial charge in [0, 0.05) is 5.56 Å². The van der Waals surface area contributed by atoms with Gasteiger partial charge in [-0.2, -0.15) is 12.6 Å². The third-order valence-electron chi connectivity index (χ3n) is 1.56. The molecule has 62 valence electrons. The molecule has 0 spiro atoms. The molecule has 0 radical (unpaired) electrons. The summed E-state index contributed by atoms with van der Waals surface area (Å²) >= 11 is 3.83. The lowest BCUT2D eigenvalue weighted by Gasteiger charge is -1.95. The molecular weight excluding hydrogens is 168 g/mol. The van der Waals surface area contributed by atoms with Crippen LogP contribution in [0.1, 0.15) is 15.9 Å². The van der Waals surface area contributed by atoms with Gasteiger partial charge in [0.1, 0.15) is 0 Å². The van der Waals surface area contributed by atoms with E-state index in [1.165, 1.54) is 11.5 Å². The first kappa shape index (κ1) is 9.07. The average Bonchev–Trinajstić information content (AvgIpc) is 2.06. The normalized spacial score (nSPS) is 10.5. The second-order valence-corrected chi connectivity index (χ2v) is 2.84. The molecule has 0 fully saturated rings. The summed E-state index contributed by atoms with van der Waals surface area (Å²) in [6.45, 7) is 1.99. The van der Waals surface area contributed by atoms with Gasteiger partial charge in [-0.05, 0) is 18.4 Å². The van der Waals surface area contributed by atoms with E-state index in [4.69, 9.17) is 0 Å². The SMILES string of the molecule is Cc1ccc(C(=O)/C=C/S)cc1. The molecule has 12 heavy (non-hydrogen) atoms. The summed E-state index contributed by atoms with van der Waals surface area (Å²) in [5.41, 5.74) is 1.85. The molecule has 0 atom stereocenters. The van der Waals surface area contributed by atoms with Crippen LogP contribution in [0.3, 0.4) is 0 Å². The van der Waals surface area contributed by atoms with Crippen LogP contribution >= 0.6 is 12.6 Å². The monoisotopic (exact) mass is 178 g/mol.